The number of rotatable bonds is 3. The molecule has 1 saturated heterocycles. The normalized spacial score (nSPS) is 17.6. The van der Waals surface area contributed by atoms with Gasteiger partial charge in [0.15, 0.2) is 0 Å². The lowest BCUT2D eigenvalue weighted by Gasteiger charge is -2.12. The Bertz CT molecular complexity index is 213. The molecule has 1 rings (SSSR count). The Morgan fingerprint density at radius 1 is 1.21 bits per heavy atom. The molecule has 0 radical (unpaired) electrons. The summed E-state index contributed by atoms with van der Waals surface area (Å²) in [6.45, 7) is 6.33. The zero-order valence-corrected chi connectivity index (χ0v) is 9.33. The molecular formula is C8H19NO4S. The van der Waals surface area contributed by atoms with Crippen LogP contribution in [-0.2, 0) is 10.4 Å². The average molecular weight is 225 g/mol. The number of unbranched alkanes of at least 4 members (excludes halogenated alkanes) is 1. The van der Waals surface area contributed by atoms with E-state index in [0.717, 1.165) is 0 Å². The number of likely N-dealkylation sites (tertiary alicyclic amines) is 1. The van der Waals surface area contributed by atoms with Crippen LogP contribution in [0.4, 0.5) is 0 Å². The zero-order valence-electron chi connectivity index (χ0n) is 8.52. The summed E-state index contributed by atoms with van der Waals surface area (Å²) >= 11 is 0. The topological polar surface area (TPSA) is 77.8 Å². The van der Waals surface area contributed by atoms with E-state index in [9.17, 15) is 0 Å². The summed E-state index contributed by atoms with van der Waals surface area (Å²) in [7, 11) is -4.67. The highest BCUT2D eigenvalue weighted by Crippen LogP contribution is 2.07. The van der Waals surface area contributed by atoms with E-state index in [1.165, 1.54) is 45.3 Å². The van der Waals surface area contributed by atoms with Gasteiger partial charge in [-0.05, 0) is 38.9 Å². The fourth-order valence-electron chi connectivity index (χ4n) is 1.39. The molecule has 1 aliphatic heterocycles. The van der Waals surface area contributed by atoms with E-state index in [2.05, 4.69) is 11.8 Å². The Balaban J connectivity index is 0.000000292. The third-order valence-corrected chi connectivity index (χ3v) is 2.03. The van der Waals surface area contributed by atoms with Crippen molar-refractivity contribution in [1.29, 1.82) is 0 Å². The molecule has 2 N–H and O–H groups in total. The second kappa shape index (κ2) is 7.17. The zero-order chi connectivity index (χ0) is 11.0. The van der Waals surface area contributed by atoms with Gasteiger partial charge in [-0.2, -0.15) is 8.42 Å². The number of hydrogen-bond donors (Lipinski definition) is 2. The summed E-state index contributed by atoms with van der Waals surface area (Å²) in [4.78, 5) is 2.57. The molecule has 0 aromatic heterocycles. The number of hydrogen-bond acceptors (Lipinski definition) is 3. The van der Waals surface area contributed by atoms with E-state index in [0.29, 0.717) is 0 Å². The van der Waals surface area contributed by atoms with Crippen molar-refractivity contribution >= 4 is 10.4 Å². The fourth-order valence-corrected chi connectivity index (χ4v) is 1.39. The summed E-state index contributed by atoms with van der Waals surface area (Å²) < 4.78 is 31.6. The SMILES string of the molecule is CCCCN1CCCC1.O=S(=O)(O)O. The van der Waals surface area contributed by atoms with E-state index in [1.807, 2.05) is 0 Å². The minimum Gasteiger partial charge on any atom is -0.303 e. The first kappa shape index (κ1) is 13.8. The minimum atomic E-state index is -4.67. The predicted octanol–water partition coefficient (Wildman–Crippen LogP) is 1.23. The second-order valence-corrected chi connectivity index (χ2v) is 4.25. The molecule has 0 atom stereocenters. The van der Waals surface area contributed by atoms with E-state index >= 15 is 0 Å². The van der Waals surface area contributed by atoms with Crippen LogP contribution in [0.15, 0.2) is 0 Å². The molecule has 0 unspecified atom stereocenters. The van der Waals surface area contributed by atoms with Crippen molar-refractivity contribution in [1.82, 2.24) is 4.90 Å². The van der Waals surface area contributed by atoms with Gasteiger partial charge in [-0.15, -0.1) is 0 Å². The molecule has 6 heteroatoms. The maximum Gasteiger partial charge on any atom is 0.394 e. The first-order valence-corrected chi connectivity index (χ1v) is 6.25. The lowest BCUT2D eigenvalue weighted by molar-refractivity contribution is 0.332. The molecule has 0 saturated carbocycles. The Labute approximate surface area is 85.7 Å². The highest BCUT2D eigenvalue weighted by atomic mass is 32.3. The van der Waals surface area contributed by atoms with E-state index in [-0.39, 0.29) is 0 Å². The molecule has 1 fully saturated rings. The molecule has 0 aromatic carbocycles. The van der Waals surface area contributed by atoms with Crippen LogP contribution in [0.1, 0.15) is 32.6 Å². The summed E-state index contributed by atoms with van der Waals surface area (Å²) in [6.07, 6.45) is 5.60. The molecule has 0 amide bonds. The van der Waals surface area contributed by atoms with Gasteiger partial charge < -0.3 is 4.90 Å². The highest BCUT2D eigenvalue weighted by molar-refractivity contribution is 7.79. The molecule has 0 spiro atoms. The van der Waals surface area contributed by atoms with Gasteiger partial charge in [-0.1, -0.05) is 13.3 Å². The van der Waals surface area contributed by atoms with Crippen molar-refractivity contribution in [3.8, 4) is 0 Å². The summed E-state index contributed by atoms with van der Waals surface area (Å²) in [5, 5.41) is 0. The van der Waals surface area contributed by atoms with Gasteiger partial charge in [0.05, 0.1) is 0 Å². The molecule has 0 aliphatic carbocycles. The van der Waals surface area contributed by atoms with Crippen LogP contribution >= 0.6 is 0 Å². The standard InChI is InChI=1S/C8H17N.H2O4S/c1-2-3-6-9-7-4-5-8-9;1-5(2,3)4/h2-8H2,1H3;(H2,1,2,3,4). The van der Waals surface area contributed by atoms with Gasteiger partial charge in [-0.25, -0.2) is 0 Å². The Hall–Kier alpha value is -0.170. The van der Waals surface area contributed by atoms with Crippen LogP contribution in [0.25, 0.3) is 0 Å². The van der Waals surface area contributed by atoms with Crippen molar-refractivity contribution in [2.24, 2.45) is 0 Å². The van der Waals surface area contributed by atoms with Crippen LogP contribution in [0.2, 0.25) is 0 Å². The largest absolute Gasteiger partial charge is 0.394 e. The third-order valence-electron chi connectivity index (χ3n) is 2.03. The van der Waals surface area contributed by atoms with Crippen molar-refractivity contribution < 1.29 is 17.5 Å². The first-order valence-electron chi connectivity index (χ1n) is 4.85. The Kier molecular flexibility index (Phi) is 7.08. The van der Waals surface area contributed by atoms with Crippen LogP contribution < -0.4 is 0 Å². The molecule has 1 heterocycles. The number of nitrogens with zero attached hydrogens (tertiary/aromatic N) is 1. The maximum absolute atomic E-state index is 8.74. The van der Waals surface area contributed by atoms with Gasteiger partial charge in [0.25, 0.3) is 0 Å². The third kappa shape index (κ3) is 11.8. The summed E-state index contributed by atoms with van der Waals surface area (Å²) in [5.41, 5.74) is 0. The smallest absolute Gasteiger partial charge is 0.303 e. The first-order chi connectivity index (χ1) is 6.43. The molecular weight excluding hydrogens is 206 g/mol. The van der Waals surface area contributed by atoms with Crippen LogP contribution in [0, 0.1) is 0 Å². The average Bonchev–Trinajstić information content (AvgIpc) is 2.49. The highest BCUT2D eigenvalue weighted by Gasteiger charge is 2.08. The van der Waals surface area contributed by atoms with Gasteiger partial charge >= 0.3 is 10.4 Å². The molecule has 14 heavy (non-hydrogen) atoms. The van der Waals surface area contributed by atoms with Crippen molar-refractivity contribution in [2.45, 2.75) is 32.6 Å². The van der Waals surface area contributed by atoms with Crippen LogP contribution in [0.5, 0.6) is 0 Å². The monoisotopic (exact) mass is 225 g/mol. The van der Waals surface area contributed by atoms with Crippen molar-refractivity contribution in [3.05, 3.63) is 0 Å². The van der Waals surface area contributed by atoms with Gasteiger partial charge in [0, 0.05) is 0 Å². The molecule has 1 aliphatic rings. The molecule has 0 aromatic rings. The lowest BCUT2D eigenvalue weighted by atomic mass is 10.3. The molecule has 0 bridgehead atoms. The van der Waals surface area contributed by atoms with E-state index < -0.39 is 10.4 Å². The van der Waals surface area contributed by atoms with Gasteiger partial charge in [-0.3, -0.25) is 9.11 Å². The summed E-state index contributed by atoms with van der Waals surface area (Å²) in [6, 6.07) is 0. The Morgan fingerprint density at radius 3 is 2.00 bits per heavy atom. The van der Waals surface area contributed by atoms with Crippen molar-refractivity contribution in [3.63, 3.8) is 0 Å². The van der Waals surface area contributed by atoms with Gasteiger partial charge in [0.1, 0.15) is 0 Å². The lowest BCUT2D eigenvalue weighted by Crippen LogP contribution is -2.19. The van der Waals surface area contributed by atoms with Crippen LogP contribution in [0.3, 0.4) is 0 Å². The quantitative estimate of drug-likeness (QED) is 0.706. The summed E-state index contributed by atoms with van der Waals surface area (Å²) in [5.74, 6) is 0. The Morgan fingerprint density at radius 2 is 1.64 bits per heavy atom. The second-order valence-electron chi connectivity index (χ2n) is 3.35. The van der Waals surface area contributed by atoms with E-state index in [4.69, 9.17) is 17.5 Å². The molecule has 86 valence electrons. The van der Waals surface area contributed by atoms with Crippen LogP contribution in [-0.4, -0.2) is 42.1 Å². The van der Waals surface area contributed by atoms with Gasteiger partial charge in [0.2, 0.25) is 0 Å². The molecule has 5 nitrogen and oxygen atoms in total. The van der Waals surface area contributed by atoms with E-state index in [1.54, 1.807) is 0 Å². The maximum atomic E-state index is 8.74. The predicted molar refractivity (Wildman–Crippen MR) is 54.8 cm³/mol. The minimum absolute atomic E-state index is 1.34. The fraction of sp³-hybridized carbons (Fsp3) is 1.00. The van der Waals surface area contributed by atoms with Crippen molar-refractivity contribution in [2.75, 3.05) is 19.6 Å².